The van der Waals surface area contributed by atoms with Crippen molar-refractivity contribution < 1.29 is 49.0 Å². The first-order valence-electron chi connectivity index (χ1n) is 10.3. The van der Waals surface area contributed by atoms with Crippen molar-refractivity contribution in [3.05, 3.63) is 90.3 Å². The molecule has 2 aromatic carbocycles. The Morgan fingerprint density at radius 1 is 1.09 bits per heavy atom. The van der Waals surface area contributed by atoms with Crippen molar-refractivity contribution in [3.63, 3.8) is 0 Å². The SMILES string of the molecule is CCCON=C(Cn1cc(C(=O)[O-])c2ccccc21)c1cccc(Oc2ccccn2)c1.[Na+]. The molecule has 0 fully saturated rings. The van der Waals surface area contributed by atoms with Crippen molar-refractivity contribution in [1.82, 2.24) is 9.55 Å². The maximum Gasteiger partial charge on any atom is 1.00 e. The van der Waals surface area contributed by atoms with Gasteiger partial charge in [-0.3, -0.25) is 0 Å². The van der Waals surface area contributed by atoms with Crippen LogP contribution in [0, 0.1) is 0 Å². The monoisotopic (exact) mass is 451 g/mol. The number of aromatic nitrogens is 2. The summed E-state index contributed by atoms with van der Waals surface area (Å²) in [6.07, 6.45) is 4.06. The molecule has 0 unspecified atom stereocenters. The standard InChI is InChI=1S/C25H23N3O4.Na/c1-2-14-31-27-22(17-28-16-21(25(29)30)20-10-3-4-11-23(20)28)18-8-7-9-19(15-18)32-24-12-5-6-13-26-24;/h3-13,15-16H,2,14,17H2,1H3,(H,29,30);/q;+1/p-1. The summed E-state index contributed by atoms with van der Waals surface area (Å²) in [6.45, 7) is 2.79. The number of carboxylic acid groups (broad SMARTS) is 1. The van der Waals surface area contributed by atoms with Crippen LogP contribution in [-0.2, 0) is 11.4 Å². The van der Waals surface area contributed by atoms with Crippen LogP contribution in [0.5, 0.6) is 11.6 Å². The maximum atomic E-state index is 11.6. The minimum Gasteiger partial charge on any atom is -0.545 e. The van der Waals surface area contributed by atoms with Crippen LogP contribution in [0.2, 0.25) is 0 Å². The zero-order valence-corrected chi connectivity index (χ0v) is 20.6. The fraction of sp³-hybridized carbons (Fsp3) is 0.160. The van der Waals surface area contributed by atoms with Crippen LogP contribution in [0.1, 0.15) is 29.3 Å². The van der Waals surface area contributed by atoms with Crippen molar-refractivity contribution in [2.24, 2.45) is 5.16 Å². The average Bonchev–Trinajstić information content (AvgIpc) is 3.18. The van der Waals surface area contributed by atoms with Crippen molar-refractivity contribution in [2.45, 2.75) is 19.9 Å². The van der Waals surface area contributed by atoms with E-state index in [9.17, 15) is 9.90 Å². The van der Waals surface area contributed by atoms with Crippen LogP contribution < -0.4 is 39.4 Å². The fourth-order valence-electron chi connectivity index (χ4n) is 3.36. The minimum atomic E-state index is -1.22. The van der Waals surface area contributed by atoms with E-state index >= 15 is 0 Å². The van der Waals surface area contributed by atoms with Gasteiger partial charge in [0, 0.05) is 40.5 Å². The number of benzene rings is 2. The van der Waals surface area contributed by atoms with Crippen LogP contribution >= 0.6 is 0 Å². The van der Waals surface area contributed by atoms with E-state index in [-0.39, 0.29) is 35.1 Å². The zero-order chi connectivity index (χ0) is 22.3. The molecule has 162 valence electrons. The second-order valence-electron chi connectivity index (χ2n) is 7.14. The fourth-order valence-corrected chi connectivity index (χ4v) is 3.36. The molecule has 2 heterocycles. The van der Waals surface area contributed by atoms with Gasteiger partial charge in [-0.05, 0) is 30.7 Å². The summed E-state index contributed by atoms with van der Waals surface area (Å²) < 4.78 is 7.69. The molecule has 0 amide bonds. The Bertz CT molecular complexity index is 1250. The molecule has 0 N–H and O–H groups in total. The molecule has 0 aliphatic heterocycles. The first kappa shape index (κ1) is 24.5. The number of pyridine rings is 1. The molecule has 0 spiro atoms. The second kappa shape index (κ2) is 11.7. The van der Waals surface area contributed by atoms with Gasteiger partial charge in [0.05, 0.1) is 12.5 Å². The molecule has 0 aliphatic rings. The number of carbonyl (C=O) groups is 1. The molecule has 2 aromatic heterocycles. The van der Waals surface area contributed by atoms with Crippen molar-refractivity contribution in [2.75, 3.05) is 6.61 Å². The van der Waals surface area contributed by atoms with Gasteiger partial charge in [-0.2, -0.15) is 0 Å². The van der Waals surface area contributed by atoms with E-state index in [2.05, 4.69) is 10.1 Å². The zero-order valence-electron chi connectivity index (χ0n) is 18.6. The summed E-state index contributed by atoms with van der Waals surface area (Å²) in [5.41, 5.74) is 2.34. The third-order valence-corrected chi connectivity index (χ3v) is 4.83. The van der Waals surface area contributed by atoms with Gasteiger partial charge in [0.1, 0.15) is 18.1 Å². The summed E-state index contributed by atoms with van der Waals surface area (Å²) in [7, 11) is 0. The number of ether oxygens (including phenoxy) is 1. The van der Waals surface area contributed by atoms with Crippen LogP contribution in [0.15, 0.2) is 84.3 Å². The third kappa shape index (κ3) is 6.01. The van der Waals surface area contributed by atoms with E-state index < -0.39 is 5.97 Å². The second-order valence-corrected chi connectivity index (χ2v) is 7.14. The van der Waals surface area contributed by atoms with Gasteiger partial charge in [-0.1, -0.05) is 48.5 Å². The Balaban J connectivity index is 0.00000306. The first-order chi connectivity index (χ1) is 15.7. The number of carboxylic acids is 1. The summed E-state index contributed by atoms with van der Waals surface area (Å²) in [5, 5.41) is 16.6. The summed E-state index contributed by atoms with van der Waals surface area (Å²) >= 11 is 0. The number of fused-ring (bicyclic) bond motifs is 1. The molecule has 0 bridgehead atoms. The largest absolute Gasteiger partial charge is 1.00 e. The van der Waals surface area contributed by atoms with Gasteiger partial charge in [0.15, 0.2) is 0 Å². The molecular formula is C25H22N3NaO4. The topological polar surface area (TPSA) is 88.8 Å². The molecule has 33 heavy (non-hydrogen) atoms. The molecule has 0 atom stereocenters. The van der Waals surface area contributed by atoms with Crippen LogP contribution in [-0.4, -0.2) is 27.8 Å². The van der Waals surface area contributed by atoms with Crippen LogP contribution in [0.25, 0.3) is 10.9 Å². The molecule has 7 nitrogen and oxygen atoms in total. The predicted molar refractivity (Wildman–Crippen MR) is 120 cm³/mol. The normalized spacial score (nSPS) is 11.1. The molecule has 8 heteroatoms. The number of oxime groups is 1. The van der Waals surface area contributed by atoms with Gasteiger partial charge < -0.3 is 24.0 Å². The van der Waals surface area contributed by atoms with Gasteiger partial charge in [0.25, 0.3) is 0 Å². The Labute approximate surface area is 214 Å². The Morgan fingerprint density at radius 3 is 2.67 bits per heavy atom. The minimum absolute atomic E-state index is 0. The predicted octanol–water partition coefficient (Wildman–Crippen LogP) is 1.03. The molecule has 4 rings (SSSR count). The Hall–Kier alpha value is -3.13. The number of rotatable bonds is 9. The molecular weight excluding hydrogens is 429 g/mol. The molecule has 4 aromatic rings. The molecule has 0 aliphatic carbocycles. The van der Waals surface area contributed by atoms with E-state index in [0.29, 0.717) is 35.9 Å². The van der Waals surface area contributed by atoms with Gasteiger partial charge in [-0.25, -0.2) is 4.98 Å². The summed E-state index contributed by atoms with van der Waals surface area (Å²) in [5.74, 6) is -0.121. The number of hydrogen-bond acceptors (Lipinski definition) is 6. The smallest absolute Gasteiger partial charge is 0.545 e. The van der Waals surface area contributed by atoms with Crippen molar-refractivity contribution >= 4 is 22.6 Å². The number of para-hydroxylation sites is 1. The number of nitrogens with zero attached hydrogens (tertiary/aromatic N) is 3. The molecule has 0 radical (unpaired) electrons. The van der Waals surface area contributed by atoms with Gasteiger partial charge in [-0.15, -0.1) is 0 Å². The van der Waals surface area contributed by atoms with Crippen molar-refractivity contribution in [1.29, 1.82) is 0 Å². The van der Waals surface area contributed by atoms with Crippen LogP contribution in [0.3, 0.4) is 0 Å². The molecule has 0 saturated carbocycles. The Kier molecular flexibility index (Phi) is 8.65. The van der Waals surface area contributed by atoms with Crippen LogP contribution in [0.4, 0.5) is 0 Å². The van der Waals surface area contributed by atoms with E-state index in [1.165, 1.54) is 0 Å². The quantitative estimate of drug-likeness (QED) is 0.164. The van der Waals surface area contributed by atoms with Gasteiger partial charge >= 0.3 is 29.6 Å². The Morgan fingerprint density at radius 2 is 1.91 bits per heavy atom. The average molecular weight is 451 g/mol. The maximum absolute atomic E-state index is 11.6. The summed E-state index contributed by atoms with van der Waals surface area (Å²) in [6, 6.07) is 20.2. The van der Waals surface area contributed by atoms with Gasteiger partial charge in [0.2, 0.25) is 5.88 Å². The van der Waals surface area contributed by atoms with Crippen molar-refractivity contribution in [3.8, 4) is 11.6 Å². The summed E-state index contributed by atoms with van der Waals surface area (Å²) in [4.78, 5) is 21.3. The number of aromatic carboxylic acids is 1. The van der Waals surface area contributed by atoms with E-state index in [0.717, 1.165) is 17.5 Å². The number of carbonyl (C=O) groups excluding carboxylic acids is 1. The third-order valence-electron chi connectivity index (χ3n) is 4.83. The number of hydrogen-bond donors (Lipinski definition) is 0. The first-order valence-corrected chi connectivity index (χ1v) is 10.3. The van der Waals surface area contributed by atoms with E-state index in [1.807, 2.05) is 60.0 Å². The molecule has 0 saturated heterocycles. The van der Waals surface area contributed by atoms with E-state index in [1.54, 1.807) is 30.6 Å². The van der Waals surface area contributed by atoms with E-state index in [4.69, 9.17) is 9.57 Å².